The zero-order valence-corrected chi connectivity index (χ0v) is 10.2. The molecular formula is C15H20O2. The Morgan fingerprint density at radius 3 is 2.82 bits per heavy atom. The van der Waals surface area contributed by atoms with Crippen LogP contribution in [0.5, 0.6) is 0 Å². The van der Waals surface area contributed by atoms with Crippen molar-refractivity contribution in [1.82, 2.24) is 0 Å². The highest BCUT2D eigenvalue weighted by Gasteiger charge is 2.18. The predicted octanol–water partition coefficient (Wildman–Crippen LogP) is 3.35. The van der Waals surface area contributed by atoms with E-state index in [0.29, 0.717) is 18.3 Å². The topological polar surface area (TPSA) is 26.3 Å². The first-order chi connectivity index (χ1) is 8.34. The average molecular weight is 232 g/mol. The fraction of sp³-hybridized carbons (Fsp3) is 0.533. The fourth-order valence-corrected chi connectivity index (χ4v) is 2.37. The number of Topliss-reactive ketones (excluding diaryl/α,β-unsaturated/α-hetero) is 1. The van der Waals surface area contributed by atoms with Crippen molar-refractivity contribution in [3.05, 3.63) is 35.9 Å². The smallest absolute Gasteiger partial charge is 0.133 e. The molecule has 1 aromatic carbocycles. The maximum Gasteiger partial charge on any atom is 0.133 e. The number of carbonyl (C=O) groups is 1. The monoisotopic (exact) mass is 232 g/mol. The van der Waals surface area contributed by atoms with E-state index in [1.165, 1.54) is 12.0 Å². The fourth-order valence-electron chi connectivity index (χ4n) is 2.37. The molecule has 2 nitrogen and oxygen atoms in total. The summed E-state index contributed by atoms with van der Waals surface area (Å²) < 4.78 is 5.65. The highest BCUT2D eigenvalue weighted by atomic mass is 16.5. The molecule has 17 heavy (non-hydrogen) atoms. The SMILES string of the molecule is O=C1CCCC(CCOCc2ccccc2)C1. The van der Waals surface area contributed by atoms with Crippen molar-refractivity contribution in [3.63, 3.8) is 0 Å². The lowest BCUT2D eigenvalue weighted by Crippen LogP contribution is -2.16. The third kappa shape index (κ3) is 4.31. The van der Waals surface area contributed by atoms with E-state index in [0.717, 1.165) is 32.3 Å². The van der Waals surface area contributed by atoms with Crippen LogP contribution in [0.2, 0.25) is 0 Å². The van der Waals surface area contributed by atoms with E-state index in [4.69, 9.17) is 4.74 Å². The Morgan fingerprint density at radius 1 is 1.24 bits per heavy atom. The lowest BCUT2D eigenvalue weighted by Gasteiger charge is -2.20. The van der Waals surface area contributed by atoms with Gasteiger partial charge in [0.05, 0.1) is 6.61 Å². The minimum atomic E-state index is 0.435. The van der Waals surface area contributed by atoms with Gasteiger partial charge >= 0.3 is 0 Å². The van der Waals surface area contributed by atoms with E-state index in [1.54, 1.807) is 0 Å². The van der Waals surface area contributed by atoms with Gasteiger partial charge in [-0.15, -0.1) is 0 Å². The molecule has 0 aromatic heterocycles. The Kier molecular flexibility index (Phi) is 4.75. The molecule has 1 aromatic rings. The van der Waals surface area contributed by atoms with Crippen LogP contribution < -0.4 is 0 Å². The number of benzene rings is 1. The summed E-state index contributed by atoms with van der Waals surface area (Å²) >= 11 is 0. The first kappa shape index (κ1) is 12.3. The normalized spacial score (nSPS) is 20.5. The molecule has 0 N–H and O–H groups in total. The van der Waals surface area contributed by atoms with Crippen LogP contribution in [0.4, 0.5) is 0 Å². The first-order valence-corrected chi connectivity index (χ1v) is 6.48. The second kappa shape index (κ2) is 6.55. The summed E-state index contributed by atoms with van der Waals surface area (Å²) in [5.74, 6) is 0.997. The van der Waals surface area contributed by atoms with Gasteiger partial charge in [0.2, 0.25) is 0 Å². The summed E-state index contributed by atoms with van der Waals surface area (Å²) in [6.07, 6.45) is 4.86. The minimum absolute atomic E-state index is 0.435. The van der Waals surface area contributed by atoms with Crippen LogP contribution in [0.15, 0.2) is 30.3 Å². The molecule has 0 amide bonds. The van der Waals surface area contributed by atoms with E-state index in [-0.39, 0.29) is 0 Å². The largest absolute Gasteiger partial charge is 0.377 e. The molecule has 0 bridgehead atoms. The Hall–Kier alpha value is -1.15. The van der Waals surface area contributed by atoms with Gasteiger partial charge < -0.3 is 4.74 Å². The molecule has 0 aliphatic heterocycles. The van der Waals surface area contributed by atoms with Gasteiger partial charge in [0.25, 0.3) is 0 Å². The van der Waals surface area contributed by atoms with Gasteiger partial charge in [-0.25, -0.2) is 0 Å². The highest BCUT2D eigenvalue weighted by molar-refractivity contribution is 5.79. The van der Waals surface area contributed by atoms with Gasteiger partial charge in [0, 0.05) is 19.4 Å². The van der Waals surface area contributed by atoms with Gasteiger partial charge in [0.15, 0.2) is 0 Å². The predicted molar refractivity (Wildman–Crippen MR) is 67.7 cm³/mol. The standard InChI is InChI=1S/C15H20O2/c16-15-8-4-7-13(11-15)9-10-17-12-14-5-2-1-3-6-14/h1-3,5-6,13H,4,7-12H2. The second-order valence-corrected chi connectivity index (χ2v) is 4.83. The first-order valence-electron chi connectivity index (χ1n) is 6.48. The minimum Gasteiger partial charge on any atom is -0.377 e. The van der Waals surface area contributed by atoms with Crippen molar-refractivity contribution in [3.8, 4) is 0 Å². The van der Waals surface area contributed by atoms with Gasteiger partial charge in [-0.2, -0.15) is 0 Å². The van der Waals surface area contributed by atoms with Crippen molar-refractivity contribution >= 4 is 5.78 Å². The van der Waals surface area contributed by atoms with E-state index in [1.807, 2.05) is 18.2 Å². The number of hydrogen-bond acceptors (Lipinski definition) is 2. The van der Waals surface area contributed by atoms with Crippen LogP contribution in [0, 0.1) is 5.92 Å². The van der Waals surface area contributed by atoms with Crippen LogP contribution in [0.25, 0.3) is 0 Å². The maximum absolute atomic E-state index is 11.3. The molecule has 1 atom stereocenters. The van der Waals surface area contributed by atoms with Crippen LogP contribution in [0.1, 0.15) is 37.7 Å². The molecule has 1 aliphatic carbocycles. The van der Waals surface area contributed by atoms with Gasteiger partial charge in [-0.05, 0) is 30.7 Å². The van der Waals surface area contributed by atoms with E-state index < -0.39 is 0 Å². The molecule has 2 heteroatoms. The van der Waals surface area contributed by atoms with Crippen LogP contribution in [-0.2, 0) is 16.1 Å². The van der Waals surface area contributed by atoms with Crippen molar-refractivity contribution < 1.29 is 9.53 Å². The highest BCUT2D eigenvalue weighted by Crippen LogP contribution is 2.24. The summed E-state index contributed by atoms with van der Waals surface area (Å²) in [4.78, 5) is 11.3. The maximum atomic E-state index is 11.3. The Morgan fingerprint density at radius 2 is 2.06 bits per heavy atom. The third-order valence-corrected chi connectivity index (χ3v) is 3.37. The average Bonchev–Trinajstić information content (AvgIpc) is 2.36. The van der Waals surface area contributed by atoms with Crippen LogP contribution in [-0.4, -0.2) is 12.4 Å². The summed E-state index contributed by atoms with van der Waals surface area (Å²) in [6.45, 7) is 1.45. The van der Waals surface area contributed by atoms with Crippen molar-refractivity contribution in [2.45, 2.75) is 38.7 Å². The molecule has 1 aliphatic rings. The van der Waals surface area contributed by atoms with Crippen molar-refractivity contribution in [2.24, 2.45) is 5.92 Å². The second-order valence-electron chi connectivity index (χ2n) is 4.83. The summed E-state index contributed by atoms with van der Waals surface area (Å²) in [6, 6.07) is 10.2. The number of carbonyl (C=O) groups excluding carboxylic acids is 1. The molecule has 1 unspecified atom stereocenters. The molecule has 1 fully saturated rings. The molecule has 1 saturated carbocycles. The molecule has 0 radical (unpaired) electrons. The van der Waals surface area contributed by atoms with Crippen LogP contribution in [0.3, 0.4) is 0 Å². The number of hydrogen-bond donors (Lipinski definition) is 0. The number of rotatable bonds is 5. The molecule has 2 rings (SSSR count). The summed E-state index contributed by atoms with van der Waals surface area (Å²) in [5, 5.41) is 0. The number of ether oxygens (including phenoxy) is 1. The van der Waals surface area contributed by atoms with E-state index >= 15 is 0 Å². The quantitative estimate of drug-likeness (QED) is 0.728. The lowest BCUT2D eigenvalue weighted by molar-refractivity contribution is -0.121. The van der Waals surface area contributed by atoms with Crippen LogP contribution >= 0.6 is 0 Å². The molecule has 0 heterocycles. The summed E-state index contributed by atoms with van der Waals surface area (Å²) in [7, 11) is 0. The van der Waals surface area contributed by atoms with Gasteiger partial charge in [-0.1, -0.05) is 30.3 Å². The Balaban J connectivity index is 1.61. The molecule has 92 valence electrons. The molecule has 0 spiro atoms. The van der Waals surface area contributed by atoms with Crippen molar-refractivity contribution in [1.29, 1.82) is 0 Å². The Labute approximate surface area is 103 Å². The Bertz CT molecular complexity index is 345. The van der Waals surface area contributed by atoms with Gasteiger partial charge in [-0.3, -0.25) is 4.79 Å². The summed E-state index contributed by atoms with van der Waals surface area (Å²) in [5.41, 5.74) is 1.22. The van der Waals surface area contributed by atoms with E-state index in [2.05, 4.69) is 12.1 Å². The lowest BCUT2D eigenvalue weighted by atomic mass is 9.86. The molecule has 0 saturated heterocycles. The number of ketones is 1. The zero-order chi connectivity index (χ0) is 11.9. The van der Waals surface area contributed by atoms with Gasteiger partial charge in [0.1, 0.15) is 5.78 Å². The third-order valence-electron chi connectivity index (χ3n) is 3.37. The molecular weight excluding hydrogens is 212 g/mol. The van der Waals surface area contributed by atoms with E-state index in [9.17, 15) is 4.79 Å². The zero-order valence-electron chi connectivity index (χ0n) is 10.2. The van der Waals surface area contributed by atoms with Crippen molar-refractivity contribution in [2.75, 3.05) is 6.61 Å².